The van der Waals surface area contributed by atoms with Crippen LogP contribution >= 0.6 is 15.9 Å². The Labute approximate surface area is 181 Å². The summed E-state index contributed by atoms with van der Waals surface area (Å²) in [6, 6.07) is 11.8. The second-order valence-electron chi connectivity index (χ2n) is 8.79. The van der Waals surface area contributed by atoms with Crippen LogP contribution in [0.5, 0.6) is 0 Å². The molecule has 1 aliphatic rings. The van der Waals surface area contributed by atoms with E-state index in [-0.39, 0.29) is 11.4 Å². The van der Waals surface area contributed by atoms with Crippen molar-refractivity contribution >= 4 is 39.8 Å². The summed E-state index contributed by atoms with van der Waals surface area (Å²) < 4.78 is 4.75. The Hall–Kier alpha value is -2.20. The van der Waals surface area contributed by atoms with Gasteiger partial charge in [0.25, 0.3) is 0 Å². The lowest BCUT2D eigenvalue weighted by Gasteiger charge is -2.41. The number of ketones is 1. The van der Waals surface area contributed by atoms with E-state index >= 15 is 0 Å². The molecule has 152 valence electrons. The number of alkyl halides is 1. The van der Waals surface area contributed by atoms with Crippen molar-refractivity contribution in [1.82, 2.24) is 0 Å². The van der Waals surface area contributed by atoms with Gasteiger partial charge < -0.3 is 4.74 Å². The van der Waals surface area contributed by atoms with Gasteiger partial charge in [-0.2, -0.15) is 0 Å². The summed E-state index contributed by atoms with van der Waals surface area (Å²) in [5.41, 5.74) is 5.56. The molecule has 0 amide bonds. The van der Waals surface area contributed by atoms with E-state index in [9.17, 15) is 9.59 Å². The van der Waals surface area contributed by atoms with Gasteiger partial charge in [-0.1, -0.05) is 66.2 Å². The molecular formula is C25H27BrO3. The molecule has 3 rings (SSSR count). The lowest BCUT2D eigenvalue weighted by atomic mass is 9.62. The molecule has 0 fully saturated rings. The molecule has 4 heteroatoms. The van der Waals surface area contributed by atoms with E-state index in [0.717, 1.165) is 22.3 Å². The molecule has 0 aliphatic heterocycles. The summed E-state index contributed by atoms with van der Waals surface area (Å²) in [5, 5.41) is 0.714. The van der Waals surface area contributed by atoms with Crippen LogP contribution in [0.15, 0.2) is 36.4 Å². The Kier molecular flexibility index (Phi) is 5.86. The van der Waals surface area contributed by atoms with Crippen molar-refractivity contribution in [3.63, 3.8) is 0 Å². The first-order chi connectivity index (χ1) is 13.6. The van der Waals surface area contributed by atoms with Crippen LogP contribution < -0.4 is 0 Å². The van der Waals surface area contributed by atoms with Crippen LogP contribution in [-0.2, 0) is 25.7 Å². The maximum Gasteiger partial charge on any atom is 0.337 e. The number of halogens is 1. The number of esters is 1. The van der Waals surface area contributed by atoms with Crippen LogP contribution in [0.3, 0.4) is 0 Å². The van der Waals surface area contributed by atoms with E-state index in [2.05, 4.69) is 48.0 Å². The van der Waals surface area contributed by atoms with Crippen LogP contribution in [-0.4, -0.2) is 18.9 Å². The molecule has 0 spiro atoms. The molecule has 0 bridgehead atoms. The first-order valence-corrected chi connectivity index (χ1v) is 10.9. The van der Waals surface area contributed by atoms with Crippen molar-refractivity contribution in [2.75, 3.05) is 7.11 Å². The molecule has 0 unspecified atom stereocenters. The third-order valence-electron chi connectivity index (χ3n) is 5.91. The van der Waals surface area contributed by atoms with Gasteiger partial charge in [-0.15, -0.1) is 0 Å². The topological polar surface area (TPSA) is 43.4 Å². The number of ether oxygens (including phenoxy) is 1. The van der Waals surface area contributed by atoms with Crippen molar-refractivity contribution in [3.8, 4) is 0 Å². The average Bonchev–Trinajstić information content (AvgIpc) is 2.70. The zero-order valence-corrected chi connectivity index (χ0v) is 19.2. The zero-order chi connectivity index (χ0) is 21.4. The maximum atomic E-state index is 12.7. The highest BCUT2D eigenvalue weighted by atomic mass is 79.9. The predicted octanol–water partition coefficient (Wildman–Crippen LogP) is 6.07. The van der Waals surface area contributed by atoms with Gasteiger partial charge in [-0.3, -0.25) is 4.79 Å². The number of benzene rings is 2. The van der Waals surface area contributed by atoms with Gasteiger partial charge in [0.05, 0.1) is 12.7 Å². The highest BCUT2D eigenvalue weighted by Crippen LogP contribution is 2.45. The SMILES string of the molecule is COC(=O)c1ccc(C=Cc2cc3c(cc2CBr)C(C)(C)C(=O)CC3(C)C)cc1. The number of carbonyl (C=O) groups excluding carboxylic acids is 2. The number of hydrogen-bond acceptors (Lipinski definition) is 3. The van der Waals surface area contributed by atoms with E-state index < -0.39 is 5.41 Å². The smallest absolute Gasteiger partial charge is 0.337 e. The quantitative estimate of drug-likeness (QED) is 0.320. The normalized spacial score (nSPS) is 17.2. The van der Waals surface area contributed by atoms with Gasteiger partial charge in [0.2, 0.25) is 0 Å². The maximum absolute atomic E-state index is 12.7. The Morgan fingerprint density at radius 3 is 2.31 bits per heavy atom. The largest absolute Gasteiger partial charge is 0.465 e. The van der Waals surface area contributed by atoms with E-state index in [4.69, 9.17) is 4.74 Å². The Balaban J connectivity index is 2.01. The van der Waals surface area contributed by atoms with Crippen LogP contribution in [0, 0.1) is 0 Å². The monoisotopic (exact) mass is 454 g/mol. The number of hydrogen-bond donors (Lipinski definition) is 0. The fourth-order valence-corrected chi connectivity index (χ4v) is 4.40. The van der Waals surface area contributed by atoms with E-state index in [1.54, 1.807) is 12.1 Å². The molecule has 0 radical (unpaired) electrons. The standard InChI is InChI=1S/C25H27BrO3/c1-24(2)14-22(27)25(3,4)21-13-19(15-26)18(12-20(21)24)11-8-16-6-9-17(10-7-16)23(28)29-5/h6-13H,14-15H2,1-5H3. The first-order valence-electron chi connectivity index (χ1n) is 9.74. The second-order valence-corrected chi connectivity index (χ2v) is 9.35. The summed E-state index contributed by atoms with van der Waals surface area (Å²) in [7, 11) is 1.38. The van der Waals surface area contributed by atoms with Crippen LogP contribution in [0.1, 0.15) is 72.3 Å². The Morgan fingerprint density at radius 1 is 1.07 bits per heavy atom. The second kappa shape index (κ2) is 7.91. The Bertz CT molecular complexity index is 982. The molecule has 0 aromatic heterocycles. The van der Waals surface area contributed by atoms with Crippen molar-refractivity contribution in [1.29, 1.82) is 0 Å². The number of methoxy groups -OCH3 is 1. The highest BCUT2D eigenvalue weighted by molar-refractivity contribution is 9.08. The summed E-state index contributed by atoms with van der Waals surface area (Å²) in [4.78, 5) is 24.3. The highest BCUT2D eigenvalue weighted by Gasteiger charge is 2.43. The molecule has 0 saturated carbocycles. The molecular weight excluding hydrogens is 428 g/mol. The molecule has 0 saturated heterocycles. The number of fused-ring (bicyclic) bond motifs is 1. The van der Waals surface area contributed by atoms with Gasteiger partial charge in [0, 0.05) is 17.2 Å². The van der Waals surface area contributed by atoms with Crippen LogP contribution in [0.4, 0.5) is 0 Å². The lowest BCUT2D eigenvalue weighted by Crippen LogP contribution is -2.42. The van der Waals surface area contributed by atoms with Crippen LogP contribution in [0.2, 0.25) is 0 Å². The van der Waals surface area contributed by atoms with Gasteiger partial charge >= 0.3 is 5.97 Å². The molecule has 0 atom stereocenters. The minimum absolute atomic E-state index is 0.183. The summed E-state index contributed by atoms with van der Waals surface area (Å²) in [5.74, 6) is -0.0410. The third-order valence-corrected chi connectivity index (χ3v) is 6.52. The number of rotatable bonds is 4. The molecule has 3 nitrogen and oxygen atoms in total. The van der Waals surface area contributed by atoms with Gasteiger partial charge in [0.15, 0.2) is 0 Å². The summed E-state index contributed by atoms with van der Waals surface area (Å²) in [6.45, 7) is 8.34. The average molecular weight is 455 g/mol. The molecule has 0 heterocycles. The minimum atomic E-state index is -0.465. The zero-order valence-electron chi connectivity index (χ0n) is 17.6. The fraction of sp³-hybridized carbons (Fsp3) is 0.360. The van der Waals surface area contributed by atoms with Crippen molar-refractivity contribution in [2.45, 2.75) is 50.3 Å². The van der Waals surface area contributed by atoms with Crippen molar-refractivity contribution < 1.29 is 14.3 Å². The first kappa shape index (κ1) is 21.5. The third kappa shape index (κ3) is 4.09. The minimum Gasteiger partial charge on any atom is -0.465 e. The number of Topliss-reactive ketones (excluding diaryl/α,β-unsaturated/α-hetero) is 1. The lowest BCUT2D eigenvalue weighted by molar-refractivity contribution is -0.125. The number of carbonyl (C=O) groups is 2. The van der Waals surface area contributed by atoms with Gasteiger partial charge in [0.1, 0.15) is 5.78 Å². The summed E-state index contributed by atoms with van der Waals surface area (Å²) >= 11 is 3.61. The van der Waals surface area contributed by atoms with E-state index in [1.165, 1.54) is 12.7 Å². The molecule has 0 N–H and O–H groups in total. The molecule has 1 aliphatic carbocycles. The predicted molar refractivity (Wildman–Crippen MR) is 121 cm³/mol. The molecule has 2 aromatic carbocycles. The molecule has 29 heavy (non-hydrogen) atoms. The van der Waals surface area contributed by atoms with E-state index in [0.29, 0.717) is 23.1 Å². The van der Waals surface area contributed by atoms with Gasteiger partial charge in [-0.05, 0) is 59.2 Å². The van der Waals surface area contributed by atoms with Crippen molar-refractivity contribution in [2.24, 2.45) is 0 Å². The van der Waals surface area contributed by atoms with Crippen molar-refractivity contribution in [3.05, 3.63) is 69.8 Å². The van der Waals surface area contributed by atoms with Gasteiger partial charge in [-0.25, -0.2) is 4.79 Å². The fourth-order valence-electron chi connectivity index (χ4n) is 3.91. The van der Waals surface area contributed by atoms with Crippen LogP contribution in [0.25, 0.3) is 12.2 Å². The Morgan fingerprint density at radius 2 is 1.72 bits per heavy atom. The molecule has 2 aromatic rings. The summed E-state index contributed by atoms with van der Waals surface area (Å²) in [6.07, 6.45) is 4.70. The van der Waals surface area contributed by atoms with E-state index in [1.807, 2.05) is 32.1 Å².